The van der Waals surface area contributed by atoms with E-state index in [1.807, 2.05) is 6.07 Å². The molecule has 2 aromatic rings. The molecule has 1 N–H and O–H groups in total. The largest absolute Gasteiger partial charge is 0.309 e. The lowest BCUT2D eigenvalue weighted by molar-refractivity contribution is -0.384. The summed E-state index contributed by atoms with van der Waals surface area (Å²) in [5.74, 6) is 0. The Balaban J connectivity index is 1.99. The van der Waals surface area contributed by atoms with E-state index in [4.69, 9.17) is 0 Å². The highest BCUT2D eigenvalue weighted by Gasteiger charge is 2.06. The normalized spacial score (nSPS) is 10.5. The molecule has 0 saturated carbocycles. The molecule has 0 saturated heterocycles. The number of non-ortho nitro benzene ring substituents is 1. The van der Waals surface area contributed by atoms with Crippen LogP contribution in [0.3, 0.4) is 0 Å². The van der Waals surface area contributed by atoms with Crippen LogP contribution in [0.15, 0.2) is 42.5 Å². The summed E-state index contributed by atoms with van der Waals surface area (Å²) in [7, 11) is 0. The second-order valence-corrected chi connectivity index (χ2v) is 4.90. The van der Waals surface area contributed by atoms with Gasteiger partial charge in [-0.25, -0.2) is 0 Å². The minimum absolute atomic E-state index is 0.136. The number of aryl methyl sites for hydroxylation is 2. The predicted octanol–water partition coefficient (Wildman–Crippen LogP) is 3.50. The van der Waals surface area contributed by atoms with Gasteiger partial charge in [0.05, 0.1) is 4.92 Å². The Morgan fingerprint density at radius 3 is 2.35 bits per heavy atom. The van der Waals surface area contributed by atoms with Gasteiger partial charge < -0.3 is 5.32 Å². The molecule has 4 nitrogen and oxygen atoms in total. The van der Waals surface area contributed by atoms with Crippen molar-refractivity contribution in [2.45, 2.75) is 26.9 Å². The van der Waals surface area contributed by atoms with Gasteiger partial charge in [-0.1, -0.05) is 30.3 Å². The van der Waals surface area contributed by atoms with Gasteiger partial charge in [-0.15, -0.1) is 0 Å². The van der Waals surface area contributed by atoms with Crippen molar-refractivity contribution in [1.29, 1.82) is 0 Å². The van der Waals surface area contributed by atoms with Crippen LogP contribution < -0.4 is 5.32 Å². The van der Waals surface area contributed by atoms with Gasteiger partial charge in [0.15, 0.2) is 0 Å². The molecule has 2 aromatic carbocycles. The number of hydrogen-bond donors (Lipinski definition) is 1. The smallest absolute Gasteiger partial charge is 0.269 e. The van der Waals surface area contributed by atoms with E-state index in [0.717, 1.165) is 12.1 Å². The molecule has 104 valence electrons. The van der Waals surface area contributed by atoms with Crippen molar-refractivity contribution in [1.82, 2.24) is 5.32 Å². The lowest BCUT2D eigenvalue weighted by atomic mass is 10.0. The molecule has 0 aromatic heterocycles. The maximum absolute atomic E-state index is 10.7. The topological polar surface area (TPSA) is 55.2 Å². The van der Waals surface area contributed by atoms with E-state index in [1.54, 1.807) is 12.1 Å². The van der Waals surface area contributed by atoms with Gasteiger partial charge in [0.2, 0.25) is 0 Å². The van der Waals surface area contributed by atoms with Gasteiger partial charge in [0, 0.05) is 25.2 Å². The second-order valence-electron chi connectivity index (χ2n) is 4.90. The van der Waals surface area contributed by atoms with Gasteiger partial charge in [-0.05, 0) is 36.1 Å². The van der Waals surface area contributed by atoms with Gasteiger partial charge in [0.1, 0.15) is 0 Å². The second kappa shape index (κ2) is 6.30. The lowest BCUT2D eigenvalue weighted by Gasteiger charge is -2.11. The van der Waals surface area contributed by atoms with Crippen molar-refractivity contribution in [3.05, 3.63) is 74.8 Å². The molecule has 0 unspecified atom stereocenters. The fraction of sp³-hybridized carbons (Fsp3) is 0.250. The molecule has 0 bridgehead atoms. The maximum atomic E-state index is 10.7. The average molecular weight is 270 g/mol. The summed E-state index contributed by atoms with van der Waals surface area (Å²) in [4.78, 5) is 10.4. The van der Waals surface area contributed by atoms with Gasteiger partial charge in [-0.3, -0.25) is 10.1 Å². The molecule has 0 aliphatic rings. The lowest BCUT2D eigenvalue weighted by Crippen LogP contribution is -2.14. The van der Waals surface area contributed by atoms with E-state index in [0.29, 0.717) is 6.54 Å². The first-order valence-corrected chi connectivity index (χ1v) is 6.57. The summed E-state index contributed by atoms with van der Waals surface area (Å²) in [5, 5.41) is 14.1. The summed E-state index contributed by atoms with van der Waals surface area (Å²) in [6.45, 7) is 5.57. The Morgan fingerprint density at radius 2 is 1.70 bits per heavy atom. The van der Waals surface area contributed by atoms with Crippen molar-refractivity contribution in [3.8, 4) is 0 Å². The quantitative estimate of drug-likeness (QED) is 0.668. The Bertz CT molecular complexity index is 603. The molecule has 0 spiro atoms. The first kappa shape index (κ1) is 14.2. The zero-order valence-electron chi connectivity index (χ0n) is 11.7. The highest BCUT2D eigenvalue weighted by molar-refractivity contribution is 5.35. The zero-order valence-corrected chi connectivity index (χ0v) is 11.7. The molecule has 2 rings (SSSR count). The zero-order chi connectivity index (χ0) is 14.5. The van der Waals surface area contributed by atoms with E-state index in [1.165, 1.54) is 22.8 Å². The summed E-state index contributed by atoms with van der Waals surface area (Å²) in [6.07, 6.45) is 0. The molecule has 20 heavy (non-hydrogen) atoms. The molecular weight excluding hydrogens is 252 g/mol. The Hall–Kier alpha value is -2.20. The monoisotopic (exact) mass is 270 g/mol. The van der Waals surface area contributed by atoms with Crippen LogP contribution in [0.4, 0.5) is 5.69 Å². The molecule has 4 heteroatoms. The van der Waals surface area contributed by atoms with E-state index in [-0.39, 0.29) is 10.6 Å². The molecule has 0 amide bonds. The highest BCUT2D eigenvalue weighted by Crippen LogP contribution is 2.15. The van der Waals surface area contributed by atoms with E-state index in [9.17, 15) is 10.1 Å². The van der Waals surface area contributed by atoms with Crippen LogP contribution in [0.5, 0.6) is 0 Å². The number of rotatable bonds is 5. The third-order valence-electron chi connectivity index (χ3n) is 3.40. The Labute approximate surface area is 118 Å². The number of nitrogens with one attached hydrogen (secondary N) is 1. The molecule has 0 aliphatic carbocycles. The van der Waals surface area contributed by atoms with Crippen molar-refractivity contribution in [2.24, 2.45) is 0 Å². The van der Waals surface area contributed by atoms with Gasteiger partial charge in [-0.2, -0.15) is 0 Å². The van der Waals surface area contributed by atoms with Crippen LogP contribution in [-0.4, -0.2) is 4.92 Å². The first-order valence-electron chi connectivity index (χ1n) is 6.57. The fourth-order valence-electron chi connectivity index (χ4n) is 2.24. The Morgan fingerprint density at radius 1 is 1.05 bits per heavy atom. The number of nitrogens with zero attached hydrogens (tertiary/aromatic N) is 1. The average Bonchev–Trinajstić information content (AvgIpc) is 2.42. The van der Waals surface area contributed by atoms with Crippen molar-refractivity contribution < 1.29 is 4.92 Å². The van der Waals surface area contributed by atoms with Crippen molar-refractivity contribution in [2.75, 3.05) is 0 Å². The van der Waals surface area contributed by atoms with Crippen LogP contribution in [0, 0.1) is 24.0 Å². The third-order valence-corrected chi connectivity index (χ3v) is 3.40. The molecular formula is C16H18N2O2. The number of nitro groups is 1. The minimum atomic E-state index is -0.366. The molecule has 0 fully saturated rings. The number of nitro benzene ring substituents is 1. The van der Waals surface area contributed by atoms with E-state index in [2.05, 4.69) is 37.4 Å². The van der Waals surface area contributed by atoms with Gasteiger partial charge >= 0.3 is 0 Å². The highest BCUT2D eigenvalue weighted by atomic mass is 16.6. The van der Waals surface area contributed by atoms with E-state index < -0.39 is 0 Å². The minimum Gasteiger partial charge on any atom is -0.309 e. The van der Waals surface area contributed by atoms with Crippen LogP contribution in [-0.2, 0) is 13.1 Å². The van der Waals surface area contributed by atoms with Crippen LogP contribution in [0.1, 0.15) is 22.3 Å². The number of hydrogen-bond acceptors (Lipinski definition) is 3. The van der Waals surface area contributed by atoms with Crippen LogP contribution >= 0.6 is 0 Å². The molecule has 0 atom stereocenters. The van der Waals surface area contributed by atoms with Crippen LogP contribution in [0.25, 0.3) is 0 Å². The predicted molar refractivity (Wildman–Crippen MR) is 79.6 cm³/mol. The standard InChI is InChI=1S/C16H18N2O2/c1-12-5-3-6-13(2)16(12)11-17-10-14-7-4-8-15(9-14)18(19)20/h3-9,17H,10-11H2,1-2H3. The van der Waals surface area contributed by atoms with Crippen molar-refractivity contribution in [3.63, 3.8) is 0 Å². The van der Waals surface area contributed by atoms with Crippen molar-refractivity contribution >= 4 is 5.69 Å². The Kier molecular flexibility index (Phi) is 4.48. The molecule has 0 heterocycles. The summed E-state index contributed by atoms with van der Waals surface area (Å²) >= 11 is 0. The van der Waals surface area contributed by atoms with Crippen LogP contribution in [0.2, 0.25) is 0 Å². The van der Waals surface area contributed by atoms with Gasteiger partial charge in [0.25, 0.3) is 5.69 Å². The van der Waals surface area contributed by atoms with E-state index >= 15 is 0 Å². The SMILES string of the molecule is Cc1cccc(C)c1CNCc1cccc([N+](=O)[O-])c1. The molecule has 0 aliphatic heterocycles. The third kappa shape index (κ3) is 3.42. The fourth-order valence-corrected chi connectivity index (χ4v) is 2.24. The summed E-state index contributed by atoms with van der Waals surface area (Å²) in [5.41, 5.74) is 4.87. The first-order chi connectivity index (χ1) is 9.58. The summed E-state index contributed by atoms with van der Waals surface area (Å²) < 4.78 is 0. The summed E-state index contributed by atoms with van der Waals surface area (Å²) in [6, 6.07) is 13.0. The maximum Gasteiger partial charge on any atom is 0.269 e. The number of benzene rings is 2. The molecule has 0 radical (unpaired) electrons.